The highest BCUT2D eigenvalue weighted by Gasteiger charge is 2.46. The number of methoxy groups -OCH3 is 2. The fraction of sp³-hybridized carbons (Fsp3) is 0.438. The molecule has 0 amide bonds. The number of carbonyl (C=O) groups excluding carboxylic acids is 3. The van der Waals surface area contributed by atoms with Gasteiger partial charge in [-0.1, -0.05) is 12.1 Å². The summed E-state index contributed by atoms with van der Waals surface area (Å²) in [6.07, 6.45) is 0.455. The first-order valence-corrected chi connectivity index (χ1v) is 13.8. The van der Waals surface area contributed by atoms with Gasteiger partial charge in [0.05, 0.1) is 38.4 Å². The summed E-state index contributed by atoms with van der Waals surface area (Å²) in [5.41, 5.74) is 3.19. The summed E-state index contributed by atoms with van der Waals surface area (Å²) in [6, 6.07) is 10.8. The minimum absolute atomic E-state index is 0.0239. The Balaban J connectivity index is 1.80. The molecule has 0 spiro atoms. The van der Waals surface area contributed by atoms with Gasteiger partial charge in [-0.2, -0.15) is 0 Å². The van der Waals surface area contributed by atoms with Crippen LogP contribution in [0.5, 0.6) is 23.0 Å². The summed E-state index contributed by atoms with van der Waals surface area (Å²) in [5.74, 6) is -0.599. The van der Waals surface area contributed by atoms with Gasteiger partial charge in [-0.3, -0.25) is 14.6 Å². The minimum Gasteiger partial charge on any atom is -0.493 e. The molecule has 0 saturated heterocycles. The number of carbonyl (C=O) groups is 3. The first kappa shape index (κ1) is 29.8. The summed E-state index contributed by atoms with van der Waals surface area (Å²) >= 11 is 0. The molecule has 0 radical (unpaired) electrons. The second-order valence-electron chi connectivity index (χ2n) is 10.4. The van der Waals surface area contributed by atoms with E-state index in [0.29, 0.717) is 52.8 Å². The van der Waals surface area contributed by atoms with Crippen LogP contribution in [0.15, 0.2) is 52.7 Å². The molecule has 0 aromatic heterocycles. The van der Waals surface area contributed by atoms with Crippen LogP contribution in [0.3, 0.4) is 0 Å². The predicted octanol–water partition coefficient (Wildman–Crippen LogP) is 5.55. The monoisotopic (exact) mass is 563 g/mol. The third kappa shape index (κ3) is 6.29. The number of ether oxygens (including phenoxy) is 5. The maximum atomic E-state index is 14.0. The van der Waals surface area contributed by atoms with Crippen LogP contribution in [0.4, 0.5) is 0 Å². The van der Waals surface area contributed by atoms with Gasteiger partial charge in [-0.25, -0.2) is 4.79 Å². The van der Waals surface area contributed by atoms with Crippen LogP contribution < -0.4 is 18.9 Å². The van der Waals surface area contributed by atoms with Crippen LogP contribution >= 0.6 is 0 Å². The molecule has 4 rings (SSSR count). The highest BCUT2D eigenvalue weighted by atomic mass is 16.6. The Kier molecular flexibility index (Phi) is 9.15. The lowest BCUT2D eigenvalue weighted by Crippen LogP contribution is -2.41. The quantitative estimate of drug-likeness (QED) is 0.288. The van der Waals surface area contributed by atoms with Gasteiger partial charge >= 0.3 is 11.9 Å². The lowest BCUT2D eigenvalue weighted by molar-refractivity contribution is -0.143. The summed E-state index contributed by atoms with van der Waals surface area (Å²) < 4.78 is 27.6. The van der Waals surface area contributed by atoms with Crippen molar-refractivity contribution in [3.63, 3.8) is 0 Å². The Morgan fingerprint density at radius 3 is 2.22 bits per heavy atom. The number of rotatable bonds is 9. The standard InChI is InChI=1S/C32H37NO8/c1-8-39-28-16-21(10-12-26(28)41-19(5)34)30-29(32(36)40-17(2)3)18(4)33-23-13-22(14-24(35)31(23)30)20-9-11-25(37-6)27(15-20)38-7/h9-12,15-17,22,30-31H,8,13-14H2,1-7H3/t22-,30+,31?/m1/s1. The van der Waals surface area contributed by atoms with E-state index in [1.165, 1.54) is 6.92 Å². The summed E-state index contributed by atoms with van der Waals surface area (Å²) in [4.78, 5) is 43.9. The molecule has 41 heavy (non-hydrogen) atoms. The lowest BCUT2D eigenvalue weighted by atomic mass is 9.66. The Bertz CT molecular complexity index is 1410. The molecular weight excluding hydrogens is 526 g/mol. The van der Waals surface area contributed by atoms with Gasteiger partial charge in [0, 0.05) is 30.7 Å². The minimum atomic E-state index is -0.654. The third-order valence-corrected chi connectivity index (χ3v) is 7.28. The van der Waals surface area contributed by atoms with Crippen molar-refractivity contribution in [3.05, 3.63) is 58.8 Å². The van der Waals surface area contributed by atoms with Gasteiger partial charge in [-0.15, -0.1) is 0 Å². The topological polar surface area (TPSA) is 110 Å². The lowest BCUT2D eigenvalue weighted by Gasteiger charge is -2.38. The summed E-state index contributed by atoms with van der Waals surface area (Å²) in [7, 11) is 3.16. The van der Waals surface area contributed by atoms with Gasteiger partial charge in [0.2, 0.25) is 0 Å². The number of benzene rings is 2. The number of aliphatic imine (C=N–C) groups is 1. The number of ketones is 1. The molecule has 1 fully saturated rings. The maximum Gasteiger partial charge on any atom is 0.336 e. The number of hydrogen-bond donors (Lipinski definition) is 0. The van der Waals surface area contributed by atoms with Crippen molar-refractivity contribution >= 4 is 23.4 Å². The van der Waals surface area contributed by atoms with Crippen molar-refractivity contribution in [2.75, 3.05) is 20.8 Å². The number of allylic oxidation sites excluding steroid dienone is 1. The summed E-state index contributed by atoms with van der Waals surface area (Å²) in [5, 5.41) is 0. The average molecular weight is 564 g/mol. The SMILES string of the molecule is CCOc1cc([C@H]2C(C(=O)OC(C)C)=C(C)N=C3C[C@@H](c4ccc(OC)c(OC)c4)CC(=O)C32)ccc1OC(C)=O. The van der Waals surface area contributed by atoms with Crippen LogP contribution in [-0.2, 0) is 19.1 Å². The molecular formula is C32H37NO8. The normalized spacial score (nSPS) is 20.2. The Morgan fingerprint density at radius 1 is 0.927 bits per heavy atom. The molecule has 1 saturated carbocycles. The van der Waals surface area contributed by atoms with Gasteiger partial charge in [0.1, 0.15) is 5.78 Å². The highest BCUT2D eigenvalue weighted by molar-refractivity contribution is 6.12. The third-order valence-electron chi connectivity index (χ3n) is 7.28. The van der Waals surface area contributed by atoms with E-state index >= 15 is 0 Å². The smallest absolute Gasteiger partial charge is 0.336 e. The Hall–Kier alpha value is -4.14. The molecule has 1 aliphatic heterocycles. The second kappa shape index (κ2) is 12.6. The first-order chi connectivity index (χ1) is 19.6. The molecule has 2 aromatic rings. The number of nitrogens with zero attached hydrogens (tertiary/aromatic N) is 1. The van der Waals surface area contributed by atoms with E-state index in [-0.39, 0.29) is 30.0 Å². The first-order valence-electron chi connectivity index (χ1n) is 13.8. The fourth-order valence-electron chi connectivity index (χ4n) is 5.65. The van der Waals surface area contributed by atoms with Crippen LogP contribution in [0.1, 0.15) is 70.4 Å². The van der Waals surface area contributed by atoms with E-state index in [9.17, 15) is 14.4 Å². The molecule has 218 valence electrons. The van der Waals surface area contributed by atoms with Crippen molar-refractivity contribution < 1.29 is 38.1 Å². The van der Waals surface area contributed by atoms with Crippen molar-refractivity contribution in [1.82, 2.24) is 0 Å². The van der Waals surface area contributed by atoms with Gasteiger partial charge < -0.3 is 23.7 Å². The van der Waals surface area contributed by atoms with Crippen molar-refractivity contribution in [2.24, 2.45) is 10.9 Å². The van der Waals surface area contributed by atoms with E-state index in [2.05, 4.69) is 0 Å². The molecule has 1 heterocycles. The molecule has 9 nitrogen and oxygen atoms in total. The molecule has 1 unspecified atom stereocenters. The highest BCUT2D eigenvalue weighted by Crippen LogP contribution is 2.48. The van der Waals surface area contributed by atoms with Crippen LogP contribution in [0, 0.1) is 5.92 Å². The van der Waals surface area contributed by atoms with Crippen LogP contribution in [-0.4, -0.2) is 50.4 Å². The zero-order valence-corrected chi connectivity index (χ0v) is 24.6. The largest absolute Gasteiger partial charge is 0.493 e. The van der Waals surface area contributed by atoms with Crippen LogP contribution in [0.2, 0.25) is 0 Å². The van der Waals surface area contributed by atoms with E-state index in [1.807, 2.05) is 25.1 Å². The van der Waals surface area contributed by atoms with Crippen molar-refractivity contribution in [3.8, 4) is 23.0 Å². The Labute approximate surface area is 240 Å². The number of esters is 2. The number of Topliss-reactive ketones (excluding diaryl/α,β-unsaturated/α-hetero) is 1. The van der Waals surface area contributed by atoms with Crippen molar-refractivity contribution in [2.45, 2.75) is 65.4 Å². The predicted molar refractivity (Wildman–Crippen MR) is 153 cm³/mol. The Morgan fingerprint density at radius 2 is 1.59 bits per heavy atom. The van der Waals surface area contributed by atoms with E-state index < -0.39 is 23.8 Å². The average Bonchev–Trinajstić information content (AvgIpc) is 2.92. The molecule has 9 heteroatoms. The maximum absolute atomic E-state index is 14.0. The van der Waals surface area contributed by atoms with Crippen molar-refractivity contribution in [1.29, 1.82) is 0 Å². The second-order valence-corrected chi connectivity index (χ2v) is 10.4. The molecule has 2 aliphatic rings. The molecule has 3 atom stereocenters. The van der Waals surface area contributed by atoms with Gasteiger partial charge in [0.15, 0.2) is 23.0 Å². The molecule has 0 bridgehead atoms. The van der Waals surface area contributed by atoms with E-state index in [4.69, 9.17) is 28.7 Å². The van der Waals surface area contributed by atoms with Crippen LogP contribution in [0.25, 0.3) is 0 Å². The zero-order chi connectivity index (χ0) is 29.8. The fourth-order valence-corrected chi connectivity index (χ4v) is 5.65. The van der Waals surface area contributed by atoms with E-state index in [1.54, 1.807) is 53.2 Å². The zero-order valence-electron chi connectivity index (χ0n) is 24.6. The molecule has 1 aliphatic carbocycles. The molecule has 2 aromatic carbocycles. The molecule has 0 N–H and O–H groups in total. The summed E-state index contributed by atoms with van der Waals surface area (Å²) in [6.45, 7) is 8.80. The number of fused-ring (bicyclic) bond motifs is 1. The number of hydrogen-bond acceptors (Lipinski definition) is 9. The van der Waals surface area contributed by atoms with Gasteiger partial charge in [0.25, 0.3) is 0 Å². The van der Waals surface area contributed by atoms with Gasteiger partial charge in [-0.05, 0) is 75.4 Å². The van der Waals surface area contributed by atoms with E-state index in [0.717, 1.165) is 5.56 Å².